The number of fused-ring (bicyclic) bond motifs is 5. The van der Waals surface area contributed by atoms with Crippen LogP contribution in [0.15, 0.2) is 65.0 Å². The van der Waals surface area contributed by atoms with Crippen LogP contribution in [0.4, 0.5) is 5.69 Å². The Bertz CT molecular complexity index is 1670. The van der Waals surface area contributed by atoms with E-state index in [1.54, 1.807) is 19.9 Å². The predicted molar refractivity (Wildman–Crippen MR) is 181 cm³/mol. The van der Waals surface area contributed by atoms with E-state index in [1.165, 1.54) is 62.8 Å². The number of nitrogens with one attached hydrogen (secondary N) is 1. The highest BCUT2D eigenvalue weighted by Gasteiger charge is 2.56. The Labute approximate surface area is 286 Å². The van der Waals surface area contributed by atoms with Crippen LogP contribution in [0.1, 0.15) is 94.7 Å². The molecule has 5 atom stereocenters. The van der Waals surface area contributed by atoms with Crippen LogP contribution in [-0.2, 0) is 35.0 Å². The average Bonchev–Trinajstić information content (AvgIpc) is 3.42. The zero-order valence-corrected chi connectivity index (χ0v) is 29.0. The fourth-order valence-corrected chi connectivity index (χ4v) is 8.92. The molecular formula is C38H46N2O9. The molecule has 2 saturated carbocycles. The molecule has 49 heavy (non-hydrogen) atoms. The highest BCUT2D eigenvalue weighted by Crippen LogP contribution is 2.61. The van der Waals surface area contributed by atoms with E-state index >= 15 is 0 Å². The first-order valence-corrected chi connectivity index (χ1v) is 17.0. The second-order valence-electron chi connectivity index (χ2n) is 13.7. The van der Waals surface area contributed by atoms with Gasteiger partial charge in [-0.1, -0.05) is 38.1 Å². The van der Waals surface area contributed by atoms with Gasteiger partial charge >= 0.3 is 17.9 Å². The summed E-state index contributed by atoms with van der Waals surface area (Å²) in [7, 11) is 2.42. The number of benzene rings is 2. The fraction of sp³-hybridized carbons (Fsp3) is 0.500. The second-order valence-corrected chi connectivity index (χ2v) is 13.7. The summed E-state index contributed by atoms with van der Waals surface area (Å²) in [6, 6.07) is 11.9. The van der Waals surface area contributed by atoms with Crippen molar-refractivity contribution in [2.24, 2.45) is 17.3 Å². The van der Waals surface area contributed by atoms with Gasteiger partial charge in [-0.2, -0.15) is 0 Å². The molecule has 1 aliphatic heterocycles. The molecule has 6 rings (SSSR count). The SMILES string of the molecule is CCC(=O)OC1CCC2C3CCc4cc(O)ccc4C3CCC12C.COC(=O)C1=C(C)NC(C)=C(C(=O)OC)C1c1ccccc1[N+](=O)[O-]. The number of carbonyl (C=O) groups excluding carboxylic acids is 3. The molecule has 262 valence electrons. The number of nitrogens with zero attached hydrogens (tertiary/aromatic N) is 1. The number of allylic oxidation sites excluding steroid dienone is 2. The lowest BCUT2D eigenvalue weighted by atomic mass is 9.55. The quantitative estimate of drug-likeness (QED) is 0.146. The molecule has 1 heterocycles. The maximum atomic E-state index is 12.3. The first-order chi connectivity index (χ1) is 23.4. The van der Waals surface area contributed by atoms with Crippen molar-refractivity contribution in [1.29, 1.82) is 0 Å². The number of phenols is 1. The van der Waals surface area contributed by atoms with E-state index in [4.69, 9.17) is 14.2 Å². The molecule has 11 heteroatoms. The summed E-state index contributed by atoms with van der Waals surface area (Å²) in [6.45, 7) is 7.53. The molecule has 4 aliphatic rings. The smallest absolute Gasteiger partial charge is 0.336 e. The second kappa shape index (κ2) is 14.4. The standard InChI is InChI=1S/C21H28O3.C17H18N2O6/c1-3-20(23)24-19-9-8-18-17-6-4-13-12-14(22)5-7-15(13)16(17)10-11-21(18,19)2;1-9-13(16(20)24-3)15(14(10(2)18-9)17(21)25-4)11-7-5-6-8-12(11)19(22)23/h5,7,12,16-19,22H,3-4,6,8-11H2,1-2H3;5-8,15,18H,1-4H3. The lowest BCUT2D eigenvalue weighted by Gasteiger charge is -2.50. The molecule has 2 aromatic carbocycles. The minimum absolute atomic E-state index is 0.0477. The van der Waals surface area contributed by atoms with Crippen molar-refractivity contribution in [2.45, 2.75) is 90.6 Å². The number of hydrogen-bond acceptors (Lipinski definition) is 10. The van der Waals surface area contributed by atoms with Crippen LogP contribution in [0.2, 0.25) is 0 Å². The first-order valence-electron chi connectivity index (χ1n) is 17.0. The number of ether oxygens (including phenoxy) is 3. The van der Waals surface area contributed by atoms with E-state index in [1.807, 2.05) is 19.1 Å². The van der Waals surface area contributed by atoms with E-state index in [0.717, 1.165) is 19.3 Å². The van der Waals surface area contributed by atoms with Crippen LogP contribution in [0, 0.1) is 27.4 Å². The number of carbonyl (C=O) groups is 3. The summed E-state index contributed by atoms with van der Waals surface area (Å²) >= 11 is 0. The fourth-order valence-electron chi connectivity index (χ4n) is 8.92. The summed E-state index contributed by atoms with van der Waals surface area (Å²) < 4.78 is 15.5. The lowest BCUT2D eigenvalue weighted by molar-refractivity contribution is -0.385. The minimum atomic E-state index is -0.970. The Kier molecular flexibility index (Phi) is 10.5. The number of aryl methyl sites for hydroxylation is 1. The largest absolute Gasteiger partial charge is 0.508 e. The lowest BCUT2D eigenvalue weighted by Crippen LogP contribution is -2.45. The van der Waals surface area contributed by atoms with Crippen molar-refractivity contribution in [3.8, 4) is 5.75 Å². The molecule has 0 radical (unpaired) electrons. The van der Waals surface area contributed by atoms with Gasteiger partial charge in [0.2, 0.25) is 0 Å². The minimum Gasteiger partial charge on any atom is -0.508 e. The predicted octanol–water partition coefficient (Wildman–Crippen LogP) is 6.75. The molecule has 0 amide bonds. The van der Waals surface area contributed by atoms with E-state index in [2.05, 4.69) is 18.3 Å². The summed E-state index contributed by atoms with van der Waals surface area (Å²) in [5, 5.41) is 24.2. The molecule has 5 unspecified atom stereocenters. The number of rotatable bonds is 6. The summed E-state index contributed by atoms with van der Waals surface area (Å²) in [6.07, 6.45) is 7.38. The van der Waals surface area contributed by atoms with Crippen LogP contribution in [0.5, 0.6) is 5.75 Å². The Morgan fingerprint density at radius 1 is 0.959 bits per heavy atom. The van der Waals surface area contributed by atoms with E-state index in [-0.39, 0.29) is 39.9 Å². The molecule has 0 saturated heterocycles. The summed E-state index contributed by atoms with van der Waals surface area (Å²) in [5.41, 5.74) is 4.14. The van der Waals surface area contributed by atoms with Crippen LogP contribution >= 0.6 is 0 Å². The van der Waals surface area contributed by atoms with Crippen molar-refractivity contribution in [1.82, 2.24) is 5.32 Å². The van der Waals surface area contributed by atoms with Gasteiger partial charge in [-0.25, -0.2) is 9.59 Å². The first kappa shape index (κ1) is 35.6. The van der Waals surface area contributed by atoms with Gasteiger partial charge in [0.1, 0.15) is 11.9 Å². The van der Waals surface area contributed by atoms with Gasteiger partial charge in [0, 0.05) is 34.9 Å². The van der Waals surface area contributed by atoms with Gasteiger partial charge in [0.15, 0.2) is 0 Å². The molecule has 2 N–H and O–H groups in total. The number of methoxy groups -OCH3 is 2. The zero-order valence-electron chi connectivity index (χ0n) is 29.0. The number of nitro benzene ring substituents is 1. The molecular weight excluding hydrogens is 628 g/mol. The molecule has 2 aromatic rings. The topological polar surface area (TPSA) is 154 Å². The molecule has 0 aromatic heterocycles. The maximum Gasteiger partial charge on any atom is 0.336 e. The molecule has 3 aliphatic carbocycles. The highest BCUT2D eigenvalue weighted by molar-refractivity contribution is 6.00. The van der Waals surface area contributed by atoms with Crippen molar-refractivity contribution >= 4 is 23.6 Å². The summed E-state index contributed by atoms with van der Waals surface area (Å²) in [4.78, 5) is 47.4. The number of aromatic hydroxyl groups is 1. The van der Waals surface area contributed by atoms with E-state index in [0.29, 0.717) is 41.3 Å². The third-order valence-electron chi connectivity index (χ3n) is 11.2. The Balaban J connectivity index is 0.000000191. The summed E-state index contributed by atoms with van der Waals surface area (Å²) in [5.74, 6) is -0.00684. The number of nitro groups is 1. The van der Waals surface area contributed by atoms with Crippen LogP contribution < -0.4 is 5.32 Å². The van der Waals surface area contributed by atoms with E-state index in [9.17, 15) is 29.6 Å². The molecule has 11 nitrogen and oxygen atoms in total. The number of dihydropyridines is 1. The molecule has 0 bridgehead atoms. The maximum absolute atomic E-state index is 12.3. The van der Waals surface area contributed by atoms with Gasteiger partial charge in [0.05, 0.1) is 36.2 Å². The van der Waals surface area contributed by atoms with Crippen molar-refractivity contribution in [3.05, 3.63) is 91.8 Å². The molecule has 2 fully saturated rings. The normalized spacial score (nSPS) is 25.8. The number of phenolic OH excluding ortho intramolecular Hbond substituents is 1. The number of esters is 3. The van der Waals surface area contributed by atoms with Gasteiger partial charge in [-0.15, -0.1) is 0 Å². The van der Waals surface area contributed by atoms with Crippen LogP contribution in [0.3, 0.4) is 0 Å². The number of hydrogen-bond donors (Lipinski definition) is 2. The van der Waals surface area contributed by atoms with Gasteiger partial charge < -0.3 is 24.6 Å². The van der Waals surface area contributed by atoms with Gasteiger partial charge in [-0.05, 0) is 93.4 Å². The van der Waals surface area contributed by atoms with Crippen molar-refractivity contribution < 1.29 is 38.6 Å². The average molecular weight is 675 g/mol. The Morgan fingerprint density at radius 2 is 1.61 bits per heavy atom. The van der Waals surface area contributed by atoms with Crippen molar-refractivity contribution in [2.75, 3.05) is 14.2 Å². The zero-order chi connectivity index (χ0) is 35.6. The van der Waals surface area contributed by atoms with Crippen LogP contribution in [-0.4, -0.2) is 48.3 Å². The van der Waals surface area contributed by atoms with Gasteiger partial charge in [0.25, 0.3) is 5.69 Å². The van der Waals surface area contributed by atoms with Crippen molar-refractivity contribution in [3.63, 3.8) is 0 Å². The van der Waals surface area contributed by atoms with Gasteiger partial charge in [-0.3, -0.25) is 14.9 Å². The molecule has 0 spiro atoms. The monoisotopic (exact) mass is 674 g/mol. The Hall–Kier alpha value is -4.67. The Morgan fingerprint density at radius 3 is 2.22 bits per heavy atom. The third-order valence-corrected chi connectivity index (χ3v) is 11.2. The number of para-hydroxylation sites is 1. The van der Waals surface area contributed by atoms with E-state index < -0.39 is 22.8 Å². The highest BCUT2D eigenvalue weighted by atomic mass is 16.6. The third kappa shape index (κ3) is 6.67. The van der Waals surface area contributed by atoms with Crippen LogP contribution in [0.25, 0.3) is 0 Å².